The van der Waals surface area contributed by atoms with Crippen LogP contribution in [-0.4, -0.2) is 38.7 Å². The number of rotatable bonds is 10. The Bertz CT molecular complexity index is 650. The number of anilines is 1. The number of benzene rings is 1. The number of piperidine rings is 1. The molecule has 5 heteroatoms. The topological polar surface area (TPSA) is 49.4 Å². The van der Waals surface area contributed by atoms with Crippen LogP contribution in [0, 0.1) is 0 Å². The van der Waals surface area contributed by atoms with Gasteiger partial charge in [0.15, 0.2) is 0 Å². The van der Waals surface area contributed by atoms with Gasteiger partial charge in [-0.3, -0.25) is 4.72 Å². The van der Waals surface area contributed by atoms with Crippen molar-refractivity contribution < 1.29 is 8.42 Å². The third-order valence-corrected chi connectivity index (χ3v) is 7.08. The number of hydrogen-bond donors (Lipinski definition) is 1. The van der Waals surface area contributed by atoms with Crippen molar-refractivity contribution in [2.45, 2.75) is 71.1 Å². The van der Waals surface area contributed by atoms with E-state index in [1.54, 1.807) is 0 Å². The number of likely N-dealkylation sites (tertiary alicyclic amines) is 1. The minimum atomic E-state index is -3.26. The fourth-order valence-electron chi connectivity index (χ4n) is 3.89. The van der Waals surface area contributed by atoms with Gasteiger partial charge in [0, 0.05) is 0 Å². The number of sulfonamides is 1. The lowest BCUT2D eigenvalue weighted by atomic mass is 9.74. The predicted molar refractivity (Wildman–Crippen MR) is 111 cm³/mol. The molecule has 1 N–H and O–H groups in total. The van der Waals surface area contributed by atoms with Crippen LogP contribution in [0.2, 0.25) is 0 Å². The minimum absolute atomic E-state index is 0.0330. The molecule has 0 aliphatic carbocycles. The maximum Gasteiger partial charge on any atom is 0.232 e. The largest absolute Gasteiger partial charge is 0.303 e. The summed E-state index contributed by atoms with van der Waals surface area (Å²) >= 11 is 0. The van der Waals surface area contributed by atoms with E-state index in [-0.39, 0.29) is 11.2 Å². The summed E-state index contributed by atoms with van der Waals surface area (Å²) in [4.78, 5) is 2.57. The molecule has 1 saturated heterocycles. The molecule has 0 spiro atoms. The zero-order chi connectivity index (χ0) is 19.0. The molecule has 0 amide bonds. The molecule has 2 rings (SSSR count). The number of hydrogen-bond acceptors (Lipinski definition) is 3. The van der Waals surface area contributed by atoms with Gasteiger partial charge < -0.3 is 4.90 Å². The van der Waals surface area contributed by atoms with Gasteiger partial charge in [0.25, 0.3) is 0 Å². The number of unbranched alkanes of at least 4 members (excludes halogenated alkanes) is 3. The van der Waals surface area contributed by atoms with E-state index < -0.39 is 10.0 Å². The Hall–Kier alpha value is -1.07. The first-order valence-electron chi connectivity index (χ1n) is 10.2. The SMILES string of the molecule is CCCCCCN1CCC(C)(c2ccccc2NS(=O)(=O)CCC)CC1. The van der Waals surface area contributed by atoms with Crippen LogP contribution in [0.15, 0.2) is 24.3 Å². The first kappa shape index (κ1) is 21.2. The van der Waals surface area contributed by atoms with E-state index in [2.05, 4.69) is 29.5 Å². The van der Waals surface area contributed by atoms with E-state index >= 15 is 0 Å². The van der Waals surface area contributed by atoms with E-state index in [0.29, 0.717) is 6.42 Å². The second-order valence-electron chi connectivity index (χ2n) is 7.93. The molecule has 0 radical (unpaired) electrons. The molecular weight excluding hydrogens is 344 g/mol. The molecule has 148 valence electrons. The van der Waals surface area contributed by atoms with Crippen molar-refractivity contribution in [3.8, 4) is 0 Å². The van der Waals surface area contributed by atoms with Crippen LogP contribution in [0.4, 0.5) is 5.69 Å². The van der Waals surface area contributed by atoms with Gasteiger partial charge in [-0.05, 0) is 62.4 Å². The summed E-state index contributed by atoms with van der Waals surface area (Å²) in [6, 6.07) is 7.94. The lowest BCUT2D eigenvalue weighted by Crippen LogP contribution is -2.41. The lowest BCUT2D eigenvalue weighted by Gasteiger charge is -2.40. The maximum atomic E-state index is 12.2. The van der Waals surface area contributed by atoms with Crippen LogP contribution in [0.3, 0.4) is 0 Å². The van der Waals surface area contributed by atoms with Crippen molar-refractivity contribution in [2.24, 2.45) is 0 Å². The Morgan fingerprint density at radius 1 is 1.04 bits per heavy atom. The van der Waals surface area contributed by atoms with E-state index in [9.17, 15) is 8.42 Å². The predicted octanol–water partition coefficient (Wildman–Crippen LogP) is 4.77. The summed E-state index contributed by atoms with van der Waals surface area (Å²) in [6.07, 6.45) is 8.01. The molecule has 1 fully saturated rings. The highest BCUT2D eigenvalue weighted by Gasteiger charge is 2.33. The van der Waals surface area contributed by atoms with Crippen LogP contribution >= 0.6 is 0 Å². The molecule has 0 saturated carbocycles. The zero-order valence-electron chi connectivity index (χ0n) is 16.8. The lowest BCUT2D eigenvalue weighted by molar-refractivity contribution is 0.166. The Kier molecular flexibility index (Phi) is 7.96. The smallest absolute Gasteiger partial charge is 0.232 e. The summed E-state index contributed by atoms with van der Waals surface area (Å²) in [5, 5.41) is 0. The molecule has 4 nitrogen and oxygen atoms in total. The van der Waals surface area contributed by atoms with Gasteiger partial charge in [0.2, 0.25) is 10.0 Å². The molecule has 1 heterocycles. The van der Waals surface area contributed by atoms with E-state index in [1.165, 1.54) is 32.2 Å². The van der Waals surface area contributed by atoms with Crippen molar-refractivity contribution in [2.75, 3.05) is 30.1 Å². The second-order valence-corrected chi connectivity index (χ2v) is 9.77. The quantitative estimate of drug-likeness (QED) is 0.595. The van der Waals surface area contributed by atoms with Gasteiger partial charge in [-0.1, -0.05) is 58.2 Å². The highest BCUT2D eigenvalue weighted by molar-refractivity contribution is 7.92. The Morgan fingerprint density at radius 3 is 2.38 bits per heavy atom. The molecule has 0 atom stereocenters. The average Bonchev–Trinajstić information content (AvgIpc) is 2.60. The molecule has 0 bridgehead atoms. The van der Waals surface area contributed by atoms with Crippen molar-refractivity contribution in [1.82, 2.24) is 4.90 Å². The summed E-state index contributed by atoms with van der Waals surface area (Å²) in [6.45, 7) is 9.81. The molecule has 1 aromatic rings. The van der Waals surface area contributed by atoms with E-state index in [1.807, 2.05) is 25.1 Å². The van der Waals surface area contributed by atoms with Crippen LogP contribution < -0.4 is 4.72 Å². The minimum Gasteiger partial charge on any atom is -0.303 e. The normalized spacial score (nSPS) is 18.0. The average molecular weight is 381 g/mol. The fraction of sp³-hybridized carbons (Fsp3) is 0.714. The molecule has 26 heavy (non-hydrogen) atoms. The number of nitrogens with one attached hydrogen (secondary N) is 1. The third kappa shape index (κ3) is 5.98. The fourth-order valence-corrected chi connectivity index (χ4v) is 5.04. The van der Waals surface area contributed by atoms with Gasteiger partial charge in [0.05, 0.1) is 11.4 Å². The standard InChI is InChI=1S/C21H36N2O2S/c1-4-6-7-10-15-23-16-13-21(3,14-17-23)19-11-8-9-12-20(19)22-26(24,25)18-5-2/h8-9,11-12,22H,4-7,10,13-18H2,1-3H3. The van der Waals surface area contributed by atoms with Crippen LogP contribution in [0.1, 0.15) is 71.3 Å². The van der Waals surface area contributed by atoms with Crippen molar-refractivity contribution in [1.29, 1.82) is 0 Å². The highest BCUT2D eigenvalue weighted by Crippen LogP contribution is 2.39. The van der Waals surface area contributed by atoms with E-state index in [0.717, 1.165) is 37.2 Å². The second kappa shape index (κ2) is 9.75. The summed E-state index contributed by atoms with van der Waals surface area (Å²) in [7, 11) is -3.26. The summed E-state index contributed by atoms with van der Waals surface area (Å²) in [5.74, 6) is 0.170. The highest BCUT2D eigenvalue weighted by atomic mass is 32.2. The molecule has 0 aromatic heterocycles. The Balaban J connectivity index is 2.03. The molecule has 1 aliphatic rings. The monoisotopic (exact) mass is 380 g/mol. The third-order valence-electron chi connectivity index (χ3n) is 5.60. The Labute approximate surface area is 160 Å². The van der Waals surface area contributed by atoms with Gasteiger partial charge in [-0.15, -0.1) is 0 Å². The van der Waals surface area contributed by atoms with Gasteiger partial charge in [0.1, 0.15) is 0 Å². The van der Waals surface area contributed by atoms with E-state index in [4.69, 9.17) is 0 Å². The first-order valence-corrected chi connectivity index (χ1v) is 11.9. The summed E-state index contributed by atoms with van der Waals surface area (Å²) < 4.78 is 27.3. The zero-order valence-corrected chi connectivity index (χ0v) is 17.6. The number of para-hydroxylation sites is 1. The van der Waals surface area contributed by atoms with Gasteiger partial charge in [-0.25, -0.2) is 8.42 Å². The van der Waals surface area contributed by atoms with Gasteiger partial charge >= 0.3 is 0 Å². The first-order chi connectivity index (χ1) is 12.4. The molecule has 0 unspecified atom stereocenters. The Morgan fingerprint density at radius 2 is 1.73 bits per heavy atom. The molecular formula is C21H36N2O2S. The summed E-state index contributed by atoms with van der Waals surface area (Å²) in [5.41, 5.74) is 1.94. The van der Waals surface area contributed by atoms with Crippen LogP contribution in [0.5, 0.6) is 0 Å². The molecule has 1 aliphatic heterocycles. The maximum absolute atomic E-state index is 12.2. The van der Waals surface area contributed by atoms with Crippen molar-refractivity contribution in [3.63, 3.8) is 0 Å². The molecule has 1 aromatic carbocycles. The van der Waals surface area contributed by atoms with Gasteiger partial charge in [-0.2, -0.15) is 0 Å². The van der Waals surface area contributed by atoms with Crippen molar-refractivity contribution >= 4 is 15.7 Å². The van der Waals surface area contributed by atoms with Crippen molar-refractivity contribution in [3.05, 3.63) is 29.8 Å². The van der Waals surface area contributed by atoms with Crippen LogP contribution in [0.25, 0.3) is 0 Å². The number of nitrogens with zero attached hydrogens (tertiary/aromatic N) is 1. The van der Waals surface area contributed by atoms with Crippen LogP contribution in [-0.2, 0) is 15.4 Å².